The second-order valence-electron chi connectivity index (χ2n) is 4.08. The number of rotatable bonds is 6. The van der Waals surface area contributed by atoms with Crippen LogP contribution in [-0.4, -0.2) is 22.5 Å². The summed E-state index contributed by atoms with van der Waals surface area (Å²) in [5.74, 6) is 0.625. The highest BCUT2D eigenvalue weighted by molar-refractivity contribution is 6.46. The molecule has 0 N–H and O–H groups in total. The van der Waals surface area contributed by atoms with Gasteiger partial charge in [0.05, 0.1) is 0 Å². The molecule has 0 aromatic heterocycles. The van der Waals surface area contributed by atoms with Crippen LogP contribution < -0.4 is 0 Å². The first-order valence-corrected chi connectivity index (χ1v) is 6.75. The van der Waals surface area contributed by atoms with Gasteiger partial charge >= 0.3 is 9.28 Å². The Bertz CT molecular complexity index is 135. The monoisotopic (exact) mass is 201 g/mol. The van der Waals surface area contributed by atoms with E-state index in [0.717, 1.165) is 18.8 Å². The fourth-order valence-corrected chi connectivity index (χ4v) is 3.53. The Balaban J connectivity index is 2.20. The van der Waals surface area contributed by atoms with Crippen LogP contribution in [0.4, 0.5) is 0 Å². The lowest BCUT2D eigenvalue weighted by atomic mass is 10.00. The van der Waals surface area contributed by atoms with Gasteiger partial charge in [0.15, 0.2) is 0 Å². The Morgan fingerprint density at radius 2 is 2.00 bits per heavy atom. The minimum atomic E-state index is -0.933. The number of hydrogen-bond donors (Lipinski definition) is 0. The predicted octanol–water partition coefficient (Wildman–Crippen LogP) is 2.74. The summed E-state index contributed by atoms with van der Waals surface area (Å²) in [5, 5.41) is 0. The zero-order chi connectivity index (χ0) is 9.68. The number of hydrogen-bond acceptors (Lipinski definition) is 2. The van der Waals surface area contributed by atoms with Gasteiger partial charge in [-0.2, -0.15) is 0 Å². The van der Waals surface area contributed by atoms with E-state index in [9.17, 15) is 0 Å². The van der Waals surface area contributed by atoms with Crippen molar-refractivity contribution < 1.29 is 8.85 Å². The first-order valence-electron chi connectivity index (χ1n) is 5.36. The van der Waals surface area contributed by atoms with Gasteiger partial charge in [-0.3, -0.25) is 0 Å². The second kappa shape index (κ2) is 5.78. The fourth-order valence-electron chi connectivity index (χ4n) is 1.31. The van der Waals surface area contributed by atoms with Gasteiger partial charge in [0.25, 0.3) is 0 Å². The van der Waals surface area contributed by atoms with E-state index in [0.29, 0.717) is 5.92 Å². The van der Waals surface area contributed by atoms with Crippen molar-refractivity contribution in [3.05, 3.63) is 0 Å². The molecule has 0 spiro atoms. The SMILES string of the molecule is CCO[Si](OCC(C)C)C1CCC1. The zero-order valence-electron chi connectivity index (χ0n) is 9.01. The van der Waals surface area contributed by atoms with Gasteiger partial charge in [-0.15, -0.1) is 0 Å². The summed E-state index contributed by atoms with van der Waals surface area (Å²) < 4.78 is 11.5. The molecule has 1 saturated carbocycles. The normalized spacial score (nSPS) is 18.2. The summed E-state index contributed by atoms with van der Waals surface area (Å²) in [4.78, 5) is 0. The molecular formula is C10H21O2Si. The Morgan fingerprint density at radius 3 is 2.38 bits per heavy atom. The maximum atomic E-state index is 5.83. The maximum Gasteiger partial charge on any atom is 0.388 e. The summed E-state index contributed by atoms with van der Waals surface area (Å²) in [7, 11) is -0.933. The fraction of sp³-hybridized carbons (Fsp3) is 1.00. The third-order valence-corrected chi connectivity index (χ3v) is 4.55. The van der Waals surface area contributed by atoms with E-state index in [1.54, 1.807) is 0 Å². The van der Waals surface area contributed by atoms with Gasteiger partial charge in [0, 0.05) is 18.8 Å². The first kappa shape index (κ1) is 11.2. The van der Waals surface area contributed by atoms with Crippen LogP contribution in [0.3, 0.4) is 0 Å². The highest BCUT2D eigenvalue weighted by atomic mass is 28.3. The molecule has 77 valence electrons. The van der Waals surface area contributed by atoms with Crippen LogP contribution in [-0.2, 0) is 8.85 Å². The lowest BCUT2D eigenvalue weighted by molar-refractivity contribution is 0.165. The summed E-state index contributed by atoms with van der Waals surface area (Å²) in [6.45, 7) is 8.11. The molecule has 13 heavy (non-hydrogen) atoms. The largest absolute Gasteiger partial charge is 0.393 e. The van der Waals surface area contributed by atoms with Crippen molar-refractivity contribution in [3.8, 4) is 0 Å². The van der Waals surface area contributed by atoms with E-state index in [1.807, 2.05) is 0 Å². The Kier molecular flexibility index (Phi) is 4.99. The van der Waals surface area contributed by atoms with Crippen LogP contribution >= 0.6 is 0 Å². The van der Waals surface area contributed by atoms with Crippen molar-refractivity contribution in [3.63, 3.8) is 0 Å². The molecule has 0 atom stereocenters. The van der Waals surface area contributed by atoms with Crippen molar-refractivity contribution in [1.29, 1.82) is 0 Å². The van der Waals surface area contributed by atoms with E-state index < -0.39 is 9.28 Å². The van der Waals surface area contributed by atoms with E-state index in [1.165, 1.54) is 19.3 Å². The Hall–Kier alpha value is 0.137. The van der Waals surface area contributed by atoms with Crippen LogP contribution in [0.5, 0.6) is 0 Å². The second-order valence-corrected chi connectivity index (χ2v) is 6.12. The highest BCUT2D eigenvalue weighted by Gasteiger charge is 2.33. The molecule has 0 unspecified atom stereocenters. The molecule has 0 aromatic rings. The molecule has 3 heteroatoms. The van der Waals surface area contributed by atoms with Crippen molar-refractivity contribution in [2.24, 2.45) is 5.92 Å². The van der Waals surface area contributed by atoms with Gasteiger partial charge in [-0.1, -0.05) is 20.3 Å². The van der Waals surface area contributed by atoms with E-state index >= 15 is 0 Å². The molecule has 1 rings (SSSR count). The minimum Gasteiger partial charge on any atom is -0.393 e. The molecular weight excluding hydrogens is 180 g/mol. The summed E-state index contributed by atoms with van der Waals surface area (Å²) in [5.41, 5.74) is 0.767. The third kappa shape index (κ3) is 3.79. The van der Waals surface area contributed by atoms with Crippen LogP contribution in [0.25, 0.3) is 0 Å². The molecule has 0 bridgehead atoms. The molecule has 2 nitrogen and oxygen atoms in total. The standard InChI is InChI=1S/C10H21O2Si/c1-4-11-13(10-6-5-7-10)12-8-9(2)3/h9-10H,4-8H2,1-3H3. The molecule has 0 heterocycles. The van der Waals surface area contributed by atoms with Crippen LogP contribution in [0.2, 0.25) is 5.54 Å². The van der Waals surface area contributed by atoms with Crippen molar-refractivity contribution in [2.45, 2.75) is 45.6 Å². The first-order chi connectivity index (χ1) is 6.24. The summed E-state index contributed by atoms with van der Waals surface area (Å²) >= 11 is 0. The molecule has 1 aliphatic carbocycles. The topological polar surface area (TPSA) is 18.5 Å². The highest BCUT2D eigenvalue weighted by Crippen LogP contribution is 2.35. The molecule has 0 aromatic carbocycles. The molecule has 1 aliphatic rings. The van der Waals surface area contributed by atoms with Crippen molar-refractivity contribution >= 4 is 9.28 Å². The summed E-state index contributed by atoms with van der Waals surface area (Å²) in [6.07, 6.45) is 4.02. The van der Waals surface area contributed by atoms with E-state index in [2.05, 4.69) is 20.8 Å². The van der Waals surface area contributed by atoms with Crippen molar-refractivity contribution in [1.82, 2.24) is 0 Å². The summed E-state index contributed by atoms with van der Waals surface area (Å²) in [6, 6.07) is 0. The molecule has 0 amide bonds. The van der Waals surface area contributed by atoms with Gasteiger partial charge in [-0.25, -0.2) is 0 Å². The molecule has 1 radical (unpaired) electrons. The van der Waals surface area contributed by atoms with E-state index in [-0.39, 0.29) is 0 Å². The molecule has 0 saturated heterocycles. The maximum absolute atomic E-state index is 5.83. The quantitative estimate of drug-likeness (QED) is 0.615. The lowest BCUT2D eigenvalue weighted by Gasteiger charge is -2.30. The molecule has 0 aliphatic heterocycles. The van der Waals surface area contributed by atoms with Crippen LogP contribution in [0.1, 0.15) is 40.0 Å². The zero-order valence-corrected chi connectivity index (χ0v) is 10.0. The van der Waals surface area contributed by atoms with Gasteiger partial charge in [-0.05, 0) is 25.7 Å². The average Bonchev–Trinajstić information content (AvgIpc) is 1.97. The van der Waals surface area contributed by atoms with Crippen molar-refractivity contribution in [2.75, 3.05) is 13.2 Å². The third-order valence-electron chi connectivity index (χ3n) is 2.28. The van der Waals surface area contributed by atoms with Crippen LogP contribution in [0.15, 0.2) is 0 Å². The lowest BCUT2D eigenvalue weighted by Crippen LogP contribution is -2.34. The Morgan fingerprint density at radius 1 is 1.31 bits per heavy atom. The minimum absolute atomic E-state index is 0.625. The van der Waals surface area contributed by atoms with Gasteiger partial charge in [0.1, 0.15) is 0 Å². The average molecular weight is 201 g/mol. The Labute approximate surface area is 83.5 Å². The smallest absolute Gasteiger partial charge is 0.388 e. The molecule has 1 fully saturated rings. The predicted molar refractivity (Wildman–Crippen MR) is 55.8 cm³/mol. The van der Waals surface area contributed by atoms with Gasteiger partial charge < -0.3 is 8.85 Å². The van der Waals surface area contributed by atoms with E-state index in [4.69, 9.17) is 8.85 Å². The van der Waals surface area contributed by atoms with Crippen LogP contribution in [0, 0.1) is 5.92 Å². The van der Waals surface area contributed by atoms with Gasteiger partial charge in [0.2, 0.25) is 0 Å².